The molecule has 2 fully saturated rings. The van der Waals surface area contributed by atoms with Gasteiger partial charge in [-0.2, -0.15) is 4.31 Å². The second-order valence-electron chi connectivity index (χ2n) is 8.18. The van der Waals surface area contributed by atoms with Crippen molar-refractivity contribution < 1.29 is 13.2 Å². The van der Waals surface area contributed by atoms with Gasteiger partial charge in [0.25, 0.3) is 5.91 Å². The van der Waals surface area contributed by atoms with Crippen molar-refractivity contribution in [2.45, 2.75) is 70.2 Å². The number of piperidine rings is 2. The molecule has 0 aliphatic carbocycles. The molecule has 1 atom stereocenters. The van der Waals surface area contributed by atoms with E-state index in [1.165, 1.54) is 0 Å². The highest BCUT2D eigenvalue weighted by molar-refractivity contribution is 7.89. The molecule has 0 saturated carbocycles. The average molecular weight is 396 g/mol. The van der Waals surface area contributed by atoms with E-state index in [1.807, 2.05) is 4.90 Å². The number of hydrogen-bond acceptors (Lipinski definition) is 3. The molecule has 2 aliphatic heterocycles. The zero-order chi connectivity index (χ0) is 19.8. The van der Waals surface area contributed by atoms with Crippen LogP contribution in [0.4, 0.5) is 0 Å². The summed E-state index contributed by atoms with van der Waals surface area (Å²) in [6, 6.07) is 1.86. The van der Waals surface area contributed by atoms with Crippen molar-refractivity contribution >= 4 is 15.9 Å². The molecule has 1 aromatic heterocycles. The zero-order valence-electron chi connectivity index (χ0n) is 17.1. The summed E-state index contributed by atoms with van der Waals surface area (Å²) in [4.78, 5) is 15.4. The highest BCUT2D eigenvalue weighted by Crippen LogP contribution is 2.29. The third-order valence-electron chi connectivity index (χ3n) is 6.43. The Morgan fingerprint density at radius 3 is 2.44 bits per heavy atom. The number of carbonyl (C=O) groups excluding carboxylic acids is 1. The van der Waals surface area contributed by atoms with Crippen LogP contribution in [-0.2, 0) is 17.1 Å². The van der Waals surface area contributed by atoms with Crippen LogP contribution in [0.5, 0.6) is 0 Å². The summed E-state index contributed by atoms with van der Waals surface area (Å²) in [5.41, 5.74) is 1.12. The predicted octanol–water partition coefficient (Wildman–Crippen LogP) is 3.16. The first-order chi connectivity index (χ1) is 12.8. The normalized spacial score (nSPS) is 23.0. The minimum absolute atomic E-state index is 0.0409. The first kappa shape index (κ1) is 20.4. The number of aromatic nitrogens is 1. The monoisotopic (exact) mass is 395 g/mol. The number of likely N-dealkylation sites (tertiary alicyclic amines) is 1. The third kappa shape index (κ3) is 3.81. The number of hydrogen-bond donors (Lipinski definition) is 0. The maximum absolute atomic E-state index is 13.2. The molecule has 0 bridgehead atoms. The van der Waals surface area contributed by atoms with Crippen molar-refractivity contribution in [3.8, 4) is 0 Å². The van der Waals surface area contributed by atoms with E-state index in [4.69, 9.17) is 0 Å². The van der Waals surface area contributed by atoms with Gasteiger partial charge in [0.1, 0.15) is 10.6 Å². The SMILES string of the molecule is CC[C@H]1CCCCN1C(=O)c1cc(S(=O)(=O)N2CCC(C)CC2)c(C)n1C. The Kier molecular flexibility index (Phi) is 6.01. The first-order valence-electron chi connectivity index (χ1n) is 10.2. The van der Waals surface area contributed by atoms with Gasteiger partial charge in [0.2, 0.25) is 10.0 Å². The van der Waals surface area contributed by atoms with Crippen molar-refractivity contribution in [2.24, 2.45) is 13.0 Å². The fourth-order valence-electron chi connectivity index (χ4n) is 4.34. The minimum Gasteiger partial charge on any atom is -0.343 e. The topological polar surface area (TPSA) is 62.6 Å². The van der Waals surface area contributed by atoms with Crippen LogP contribution in [0.1, 0.15) is 68.6 Å². The molecule has 0 radical (unpaired) electrons. The predicted molar refractivity (Wildman–Crippen MR) is 106 cm³/mol. The number of rotatable bonds is 4. The summed E-state index contributed by atoms with van der Waals surface area (Å²) in [7, 11) is -1.76. The molecule has 3 rings (SSSR count). The third-order valence-corrected chi connectivity index (χ3v) is 8.44. The Morgan fingerprint density at radius 1 is 1.15 bits per heavy atom. The van der Waals surface area contributed by atoms with E-state index < -0.39 is 10.0 Å². The molecule has 1 amide bonds. The van der Waals surface area contributed by atoms with Gasteiger partial charge in [-0.05, 0) is 57.4 Å². The lowest BCUT2D eigenvalue weighted by molar-refractivity contribution is 0.0598. The van der Waals surface area contributed by atoms with E-state index in [1.54, 1.807) is 28.9 Å². The highest BCUT2D eigenvalue weighted by atomic mass is 32.2. The molecule has 0 unspecified atom stereocenters. The number of sulfonamides is 1. The second kappa shape index (κ2) is 7.95. The van der Waals surface area contributed by atoms with Gasteiger partial charge >= 0.3 is 0 Å². The Labute approximate surface area is 163 Å². The van der Waals surface area contributed by atoms with Crippen molar-refractivity contribution in [3.63, 3.8) is 0 Å². The van der Waals surface area contributed by atoms with E-state index in [-0.39, 0.29) is 16.8 Å². The van der Waals surface area contributed by atoms with Crippen LogP contribution in [0.25, 0.3) is 0 Å². The summed E-state index contributed by atoms with van der Waals surface area (Å²) < 4.78 is 29.7. The Balaban J connectivity index is 1.90. The first-order valence-corrected chi connectivity index (χ1v) is 11.7. The standard InChI is InChI=1S/C20H33N3O3S/c1-5-17-8-6-7-11-23(17)20(24)18-14-19(16(3)21(18)4)27(25,26)22-12-9-15(2)10-13-22/h14-15,17H,5-13H2,1-4H3/t17-/m0/s1. The van der Waals surface area contributed by atoms with Crippen LogP contribution in [0, 0.1) is 12.8 Å². The molecule has 2 saturated heterocycles. The van der Waals surface area contributed by atoms with Gasteiger partial charge in [0.15, 0.2) is 0 Å². The lowest BCUT2D eigenvalue weighted by atomic mass is 9.99. The van der Waals surface area contributed by atoms with E-state index in [0.29, 0.717) is 30.4 Å². The van der Waals surface area contributed by atoms with Crippen molar-refractivity contribution in [1.82, 2.24) is 13.8 Å². The van der Waals surface area contributed by atoms with Crippen LogP contribution in [0.2, 0.25) is 0 Å². The van der Waals surface area contributed by atoms with Gasteiger partial charge in [0, 0.05) is 38.4 Å². The molecule has 6 nitrogen and oxygen atoms in total. The molecule has 0 spiro atoms. The van der Waals surface area contributed by atoms with Crippen LogP contribution >= 0.6 is 0 Å². The Bertz CT molecular complexity index is 792. The number of nitrogens with zero attached hydrogens (tertiary/aromatic N) is 3. The fourth-order valence-corrected chi connectivity index (χ4v) is 6.08. The lowest BCUT2D eigenvalue weighted by Gasteiger charge is -2.35. The molecule has 7 heteroatoms. The van der Waals surface area contributed by atoms with E-state index in [9.17, 15) is 13.2 Å². The second-order valence-corrected chi connectivity index (χ2v) is 10.1. The smallest absolute Gasteiger partial charge is 0.270 e. The van der Waals surface area contributed by atoms with Crippen molar-refractivity contribution in [3.05, 3.63) is 17.5 Å². The maximum atomic E-state index is 13.2. The summed E-state index contributed by atoms with van der Waals surface area (Å²) in [5, 5.41) is 0. The molecular formula is C20H33N3O3S. The van der Waals surface area contributed by atoms with E-state index in [2.05, 4.69) is 13.8 Å². The number of carbonyl (C=O) groups is 1. The molecule has 27 heavy (non-hydrogen) atoms. The van der Waals surface area contributed by atoms with E-state index in [0.717, 1.165) is 45.1 Å². The van der Waals surface area contributed by atoms with Gasteiger partial charge in [-0.15, -0.1) is 0 Å². The quantitative estimate of drug-likeness (QED) is 0.787. The molecule has 2 aliphatic rings. The fraction of sp³-hybridized carbons (Fsp3) is 0.750. The Hall–Kier alpha value is -1.34. The summed E-state index contributed by atoms with van der Waals surface area (Å²) >= 11 is 0. The highest BCUT2D eigenvalue weighted by Gasteiger charge is 2.34. The Morgan fingerprint density at radius 2 is 1.81 bits per heavy atom. The molecule has 3 heterocycles. The van der Waals surface area contributed by atoms with Crippen LogP contribution in [0.3, 0.4) is 0 Å². The summed E-state index contributed by atoms with van der Waals surface area (Å²) in [6.45, 7) is 7.95. The van der Waals surface area contributed by atoms with Gasteiger partial charge < -0.3 is 9.47 Å². The largest absolute Gasteiger partial charge is 0.343 e. The lowest BCUT2D eigenvalue weighted by Crippen LogP contribution is -2.44. The van der Waals surface area contributed by atoms with Crippen molar-refractivity contribution in [2.75, 3.05) is 19.6 Å². The molecular weight excluding hydrogens is 362 g/mol. The van der Waals surface area contributed by atoms with E-state index >= 15 is 0 Å². The van der Waals surface area contributed by atoms with Crippen LogP contribution in [-0.4, -0.2) is 53.8 Å². The minimum atomic E-state index is -3.56. The summed E-state index contributed by atoms with van der Waals surface area (Å²) in [5.74, 6) is 0.524. The number of amides is 1. The molecule has 1 aromatic rings. The zero-order valence-corrected chi connectivity index (χ0v) is 17.9. The van der Waals surface area contributed by atoms with Crippen LogP contribution < -0.4 is 0 Å². The van der Waals surface area contributed by atoms with Gasteiger partial charge in [-0.1, -0.05) is 13.8 Å². The van der Waals surface area contributed by atoms with Crippen LogP contribution in [0.15, 0.2) is 11.0 Å². The van der Waals surface area contributed by atoms with Crippen molar-refractivity contribution in [1.29, 1.82) is 0 Å². The summed E-state index contributed by atoms with van der Waals surface area (Å²) in [6.07, 6.45) is 5.92. The van der Waals surface area contributed by atoms with Gasteiger partial charge in [0.05, 0.1) is 0 Å². The maximum Gasteiger partial charge on any atom is 0.270 e. The average Bonchev–Trinajstić information content (AvgIpc) is 2.97. The molecule has 0 N–H and O–H groups in total. The molecule has 152 valence electrons. The molecule has 0 aromatic carbocycles. The van der Waals surface area contributed by atoms with Gasteiger partial charge in [-0.25, -0.2) is 8.42 Å². The van der Waals surface area contributed by atoms with Gasteiger partial charge in [-0.3, -0.25) is 4.79 Å².